The first kappa shape index (κ1) is 17.0. The van der Waals surface area contributed by atoms with Gasteiger partial charge in [0.25, 0.3) is 15.9 Å². The number of carbonyl (C=O) groups is 2. The second kappa shape index (κ2) is 6.57. The summed E-state index contributed by atoms with van der Waals surface area (Å²) in [5.74, 6) is -0.952. The number of thiophene rings is 1. The van der Waals surface area contributed by atoms with Gasteiger partial charge in [-0.05, 0) is 23.6 Å². The molecule has 0 aliphatic heterocycles. The Balaban J connectivity index is 1.92. The quantitative estimate of drug-likeness (QED) is 0.518. The molecule has 0 unspecified atom stereocenters. The van der Waals surface area contributed by atoms with Crippen molar-refractivity contribution in [2.45, 2.75) is 11.1 Å². The monoisotopic (exact) mass is 378 g/mol. The molecule has 0 radical (unpaired) electrons. The lowest BCUT2D eigenvalue weighted by molar-refractivity contribution is -0.119. The third-order valence-electron chi connectivity index (χ3n) is 3.26. The van der Waals surface area contributed by atoms with Crippen molar-refractivity contribution in [1.29, 1.82) is 0 Å². The molecule has 130 valence electrons. The minimum absolute atomic E-state index is 0.187. The number of para-hydroxylation sites is 1. The molecule has 1 aromatic carbocycles. The number of carbonyl (C=O) groups excluding carboxylic acids is 2. The van der Waals surface area contributed by atoms with Crippen LogP contribution < -0.4 is 15.6 Å². The summed E-state index contributed by atoms with van der Waals surface area (Å²) < 4.78 is 27.5. The van der Waals surface area contributed by atoms with E-state index in [1.54, 1.807) is 35.7 Å². The van der Waals surface area contributed by atoms with Crippen LogP contribution >= 0.6 is 11.3 Å². The summed E-state index contributed by atoms with van der Waals surface area (Å²) >= 11 is 1.11. The second-order valence-electron chi connectivity index (χ2n) is 5.13. The maximum atomic E-state index is 12.4. The van der Waals surface area contributed by atoms with E-state index < -0.39 is 21.8 Å². The number of rotatable bonds is 4. The van der Waals surface area contributed by atoms with Crippen molar-refractivity contribution in [3.8, 4) is 0 Å². The fraction of sp³-hybridized carbons (Fsp3) is 0.0667. The van der Waals surface area contributed by atoms with E-state index in [0.717, 1.165) is 11.3 Å². The maximum Gasteiger partial charge on any atom is 0.286 e. The van der Waals surface area contributed by atoms with Crippen LogP contribution in [-0.4, -0.2) is 25.2 Å². The first-order chi connectivity index (χ1) is 11.9. The molecule has 3 aromatic rings. The fourth-order valence-corrected chi connectivity index (χ4v) is 4.25. The van der Waals surface area contributed by atoms with Gasteiger partial charge in [-0.3, -0.25) is 25.2 Å². The fourth-order valence-electron chi connectivity index (χ4n) is 2.19. The van der Waals surface area contributed by atoms with Crippen molar-refractivity contribution < 1.29 is 18.0 Å². The SMILES string of the molecule is CC(=O)NNC(=O)c1cc2cccc(NS(=O)(=O)c3cccs3)c2[nH]1. The van der Waals surface area contributed by atoms with Gasteiger partial charge in [0, 0.05) is 12.3 Å². The molecule has 10 heteroatoms. The van der Waals surface area contributed by atoms with Crippen LogP contribution in [0, 0.1) is 0 Å². The number of fused-ring (bicyclic) bond motifs is 1. The van der Waals surface area contributed by atoms with Gasteiger partial charge in [-0.15, -0.1) is 11.3 Å². The van der Waals surface area contributed by atoms with Gasteiger partial charge in [0.15, 0.2) is 0 Å². The van der Waals surface area contributed by atoms with Crippen LogP contribution in [-0.2, 0) is 14.8 Å². The van der Waals surface area contributed by atoms with Gasteiger partial charge < -0.3 is 4.98 Å². The van der Waals surface area contributed by atoms with E-state index in [2.05, 4.69) is 20.6 Å². The maximum absolute atomic E-state index is 12.4. The molecular weight excluding hydrogens is 364 g/mol. The normalized spacial score (nSPS) is 11.2. The first-order valence-corrected chi connectivity index (χ1v) is 9.48. The van der Waals surface area contributed by atoms with Crippen LogP contribution in [0.5, 0.6) is 0 Å². The molecule has 0 fully saturated rings. The summed E-state index contributed by atoms with van der Waals surface area (Å²) in [4.78, 5) is 25.7. The molecule has 2 amide bonds. The third-order valence-corrected chi connectivity index (χ3v) is 6.02. The van der Waals surface area contributed by atoms with Gasteiger partial charge in [-0.25, -0.2) is 8.42 Å². The summed E-state index contributed by atoms with van der Waals surface area (Å²) in [7, 11) is -3.70. The highest BCUT2D eigenvalue weighted by Crippen LogP contribution is 2.27. The average molecular weight is 378 g/mol. The smallest absolute Gasteiger partial charge is 0.286 e. The molecule has 0 bridgehead atoms. The minimum Gasteiger partial charge on any atom is -0.349 e. The van der Waals surface area contributed by atoms with Crippen molar-refractivity contribution >= 4 is 49.8 Å². The van der Waals surface area contributed by atoms with E-state index in [4.69, 9.17) is 0 Å². The number of anilines is 1. The lowest BCUT2D eigenvalue weighted by Crippen LogP contribution is -2.40. The molecule has 4 N–H and O–H groups in total. The zero-order valence-electron chi connectivity index (χ0n) is 13.0. The van der Waals surface area contributed by atoms with Gasteiger partial charge >= 0.3 is 0 Å². The summed E-state index contributed by atoms with van der Waals surface area (Å²) in [5.41, 5.74) is 5.41. The molecular formula is C15H14N4O4S2. The van der Waals surface area contributed by atoms with E-state index in [1.807, 2.05) is 0 Å². The predicted molar refractivity (Wildman–Crippen MR) is 94.7 cm³/mol. The number of sulfonamides is 1. The zero-order chi connectivity index (χ0) is 18.0. The molecule has 8 nitrogen and oxygen atoms in total. The van der Waals surface area contributed by atoms with Crippen LogP contribution in [0.25, 0.3) is 10.9 Å². The minimum atomic E-state index is -3.70. The molecule has 0 saturated heterocycles. The average Bonchev–Trinajstić information content (AvgIpc) is 3.22. The Morgan fingerprint density at radius 2 is 1.92 bits per heavy atom. The van der Waals surface area contributed by atoms with Crippen molar-refractivity contribution in [2.75, 3.05) is 4.72 Å². The third kappa shape index (κ3) is 3.64. The standard InChI is InChI=1S/C15H14N4O4S2/c1-9(20)17-18-15(21)12-8-10-4-2-5-11(14(10)16-12)19-25(22,23)13-6-3-7-24-13/h2-8,16,19H,1H3,(H,17,20)(H,18,21). The van der Waals surface area contributed by atoms with Crippen molar-refractivity contribution in [3.05, 3.63) is 47.5 Å². The molecule has 25 heavy (non-hydrogen) atoms. The van der Waals surface area contributed by atoms with Crippen LogP contribution in [0.4, 0.5) is 5.69 Å². The van der Waals surface area contributed by atoms with Gasteiger partial charge in [0.05, 0.1) is 11.2 Å². The summed E-state index contributed by atoms with van der Waals surface area (Å²) in [6, 6.07) is 9.74. The largest absolute Gasteiger partial charge is 0.349 e. The lowest BCUT2D eigenvalue weighted by Gasteiger charge is -2.07. The Labute approximate surface area is 147 Å². The van der Waals surface area contributed by atoms with Gasteiger partial charge in [0.2, 0.25) is 5.91 Å². The summed E-state index contributed by atoms with van der Waals surface area (Å²) in [6.45, 7) is 1.27. The van der Waals surface area contributed by atoms with E-state index in [9.17, 15) is 18.0 Å². The summed E-state index contributed by atoms with van der Waals surface area (Å²) in [6.07, 6.45) is 0. The number of hydrogen-bond donors (Lipinski definition) is 4. The molecule has 2 aromatic heterocycles. The molecule has 0 saturated carbocycles. The number of aromatic amines is 1. The van der Waals surface area contributed by atoms with Crippen molar-refractivity contribution in [1.82, 2.24) is 15.8 Å². The van der Waals surface area contributed by atoms with Crippen molar-refractivity contribution in [2.24, 2.45) is 0 Å². The molecule has 0 aliphatic carbocycles. The number of aromatic nitrogens is 1. The van der Waals surface area contributed by atoms with Crippen LogP contribution in [0.15, 0.2) is 46.0 Å². The highest BCUT2D eigenvalue weighted by molar-refractivity contribution is 7.94. The van der Waals surface area contributed by atoms with Crippen molar-refractivity contribution in [3.63, 3.8) is 0 Å². The van der Waals surface area contributed by atoms with Gasteiger partial charge in [-0.1, -0.05) is 18.2 Å². The predicted octanol–water partition coefficient (Wildman–Crippen LogP) is 1.81. The lowest BCUT2D eigenvalue weighted by atomic mass is 10.2. The molecule has 0 spiro atoms. The molecule has 0 atom stereocenters. The van der Waals surface area contributed by atoms with Crippen LogP contribution in [0.3, 0.4) is 0 Å². The number of hydrogen-bond acceptors (Lipinski definition) is 5. The first-order valence-electron chi connectivity index (χ1n) is 7.12. The topological polar surface area (TPSA) is 120 Å². The van der Waals surface area contributed by atoms with E-state index in [1.165, 1.54) is 13.0 Å². The van der Waals surface area contributed by atoms with Crippen LogP contribution in [0.2, 0.25) is 0 Å². The highest BCUT2D eigenvalue weighted by Gasteiger charge is 2.18. The van der Waals surface area contributed by atoms with Gasteiger partial charge in [-0.2, -0.15) is 0 Å². The van der Waals surface area contributed by atoms with E-state index in [-0.39, 0.29) is 9.90 Å². The number of H-pyrrole nitrogens is 1. The Bertz CT molecular complexity index is 1040. The van der Waals surface area contributed by atoms with Gasteiger partial charge in [0.1, 0.15) is 9.90 Å². The number of hydrazine groups is 1. The van der Waals surface area contributed by atoms with E-state index >= 15 is 0 Å². The number of nitrogens with one attached hydrogen (secondary N) is 4. The number of benzene rings is 1. The Morgan fingerprint density at radius 1 is 1.12 bits per heavy atom. The zero-order valence-corrected chi connectivity index (χ0v) is 14.6. The van der Waals surface area contributed by atoms with Crippen LogP contribution in [0.1, 0.15) is 17.4 Å². The molecule has 2 heterocycles. The molecule has 3 rings (SSSR count). The Hall–Kier alpha value is -2.85. The highest BCUT2D eigenvalue weighted by atomic mass is 32.2. The Morgan fingerprint density at radius 3 is 2.60 bits per heavy atom. The molecule has 0 aliphatic rings. The van der Waals surface area contributed by atoms with E-state index in [0.29, 0.717) is 16.6 Å². The number of amides is 2. The second-order valence-corrected chi connectivity index (χ2v) is 7.98. The Kier molecular flexibility index (Phi) is 4.47. The summed E-state index contributed by atoms with van der Waals surface area (Å²) in [5, 5.41) is 2.33.